The summed E-state index contributed by atoms with van der Waals surface area (Å²) in [5.41, 5.74) is 3.16. The Kier molecular flexibility index (Phi) is 4.35. The van der Waals surface area contributed by atoms with Crippen LogP contribution in [0.3, 0.4) is 0 Å². The number of anilines is 1. The van der Waals surface area contributed by atoms with E-state index in [4.69, 9.17) is 4.74 Å². The van der Waals surface area contributed by atoms with Crippen molar-refractivity contribution in [3.8, 4) is 16.9 Å². The third-order valence-corrected chi connectivity index (χ3v) is 4.80. The molecule has 0 saturated carbocycles. The van der Waals surface area contributed by atoms with E-state index in [1.54, 1.807) is 44.6 Å². The van der Waals surface area contributed by atoms with E-state index in [1.165, 1.54) is 10.6 Å². The van der Waals surface area contributed by atoms with Gasteiger partial charge < -0.3 is 10.1 Å². The summed E-state index contributed by atoms with van der Waals surface area (Å²) in [6.07, 6.45) is 3.96. The minimum atomic E-state index is -0.290. The van der Waals surface area contributed by atoms with Gasteiger partial charge in [-0.15, -0.1) is 0 Å². The van der Waals surface area contributed by atoms with Crippen molar-refractivity contribution in [3.63, 3.8) is 0 Å². The number of nitrogens with zero attached hydrogens (tertiary/aromatic N) is 3. The second kappa shape index (κ2) is 6.83. The molecule has 1 aromatic carbocycles. The molecule has 0 bridgehead atoms. The molecule has 0 saturated heterocycles. The largest absolute Gasteiger partial charge is 0.493 e. The molecular weight excluding hydrogens is 347 g/mol. The second-order valence-corrected chi connectivity index (χ2v) is 6.45. The van der Waals surface area contributed by atoms with Gasteiger partial charge >= 0.3 is 0 Å². The number of hydrogen-bond acceptors (Lipinski definition) is 5. The Hall–Kier alpha value is -3.22. The van der Waals surface area contributed by atoms with Crippen LogP contribution < -0.4 is 15.6 Å². The van der Waals surface area contributed by atoms with Gasteiger partial charge in [-0.3, -0.25) is 14.3 Å². The smallest absolute Gasteiger partial charge is 0.262 e. The predicted octanol–water partition coefficient (Wildman–Crippen LogP) is 2.84. The summed E-state index contributed by atoms with van der Waals surface area (Å²) < 4.78 is 21.2. The zero-order valence-corrected chi connectivity index (χ0v) is 15.1. The molecule has 0 atom stereocenters. The number of pyridine rings is 1. The topological polar surface area (TPSA) is 69.0 Å². The fourth-order valence-electron chi connectivity index (χ4n) is 3.39. The lowest BCUT2D eigenvalue weighted by molar-refractivity contribution is 0.356. The molecule has 3 heterocycles. The number of benzene rings is 1. The summed E-state index contributed by atoms with van der Waals surface area (Å²) in [6.45, 7) is 2.58. The number of rotatable bonds is 4. The molecule has 4 rings (SSSR count). The van der Waals surface area contributed by atoms with Gasteiger partial charge in [0.2, 0.25) is 5.95 Å². The van der Waals surface area contributed by atoms with Crippen LogP contribution in [-0.4, -0.2) is 21.1 Å². The molecule has 0 amide bonds. The van der Waals surface area contributed by atoms with E-state index >= 15 is 0 Å². The Labute approximate surface area is 155 Å². The first-order valence-electron chi connectivity index (χ1n) is 8.71. The van der Waals surface area contributed by atoms with Crippen LogP contribution >= 0.6 is 0 Å². The molecular formula is C20H19FN4O2. The lowest BCUT2D eigenvalue weighted by atomic mass is 10.0. The first-order valence-corrected chi connectivity index (χ1v) is 8.71. The van der Waals surface area contributed by atoms with Gasteiger partial charge in [0.05, 0.1) is 17.9 Å². The standard InChI is InChI=1S/C20H19FN4O2/c1-12-18(13-5-8-22-9-6-13)19(26)25(2)20(24-12)23-11-15-14-7-10-27-17(14)4-3-16(15)21/h3-6,8-9H,7,10-11H2,1-2H3,(H,23,24). The third-order valence-electron chi connectivity index (χ3n) is 4.80. The van der Waals surface area contributed by atoms with Gasteiger partial charge in [0.25, 0.3) is 5.56 Å². The first-order chi connectivity index (χ1) is 13.1. The van der Waals surface area contributed by atoms with Crippen molar-refractivity contribution in [2.75, 3.05) is 11.9 Å². The molecule has 0 unspecified atom stereocenters. The highest BCUT2D eigenvalue weighted by Crippen LogP contribution is 2.30. The highest BCUT2D eigenvalue weighted by molar-refractivity contribution is 5.65. The fourth-order valence-corrected chi connectivity index (χ4v) is 3.39. The van der Waals surface area contributed by atoms with E-state index in [9.17, 15) is 9.18 Å². The molecule has 0 radical (unpaired) electrons. The minimum absolute atomic E-state index is 0.168. The van der Waals surface area contributed by atoms with Crippen molar-refractivity contribution in [3.05, 3.63) is 69.7 Å². The van der Waals surface area contributed by atoms with Crippen LogP contribution in [-0.2, 0) is 20.0 Å². The summed E-state index contributed by atoms with van der Waals surface area (Å²) >= 11 is 0. The molecule has 3 aromatic rings. The number of nitrogens with one attached hydrogen (secondary N) is 1. The fraction of sp³-hybridized carbons (Fsp3) is 0.250. The Morgan fingerprint density at radius 1 is 1.26 bits per heavy atom. The molecule has 27 heavy (non-hydrogen) atoms. The Morgan fingerprint density at radius 3 is 2.81 bits per heavy atom. The van der Waals surface area contributed by atoms with E-state index in [-0.39, 0.29) is 17.9 Å². The minimum Gasteiger partial charge on any atom is -0.493 e. The Morgan fingerprint density at radius 2 is 2.04 bits per heavy atom. The summed E-state index contributed by atoms with van der Waals surface area (Å²) in [6, 6.07) is 6.62. The maximum absolute atomic E-state index is 14.3. The van der Waals surface area contributed by atoms with Crippen LogP contribution in [0.15, 0.2) is 41.5 Å². The van der Waals surface area contributed by atoms with E-state index in [2.05, 4.69) is 15.3 Å². The van der Waals surface area contributed by atoms with Crippen LogP contribution in [0.5, 0.6) is 5.75 Å². The maximum atomic E-state index is 14.3. The Bertz CT molecular complexity index is 1060. The van der Waals surface area contributed by atoms with Crippen molar-refractivity contribution >= 4 is 5.95 Å². The molecule has 138 valence electrons. The van der Waals surface area contributed by atoms with Gasteiger partial charge in [-0.2, -0.15) is 0 Å². The van der Waals surface area contributed by atoms with Crippen molar-refractivity contribution in [1.82, 2.24) is 14.5 Å². The molecule has 2 aromatic heterocycles. The molecule has 6 nitrogen and oxygen atoms in total. The predicted molar refractivity (Wildman–Crippen MR) is 100 cm³/mol. The monoisotopic (exact) mass is 366 g/mol. The summed E-state index contributed by atoms with van der Waals surface area (Å²) in [5.74, 6) is 0.826. The van der Waals surface area contributed by atoms with Crippen molar-refractivity contribution in [2.24, 2.45) is 7.05 Å². The highest BCUT2D eigenvalue weighted by atomic mass is 19.1. The van der Waals surface area contributed by atoms with Crippen molar-refractivity contribution in [1.29, 1.82) is 0 Å². The molecule has 0 fully saturated rings. The third kappa shape index (κ3) is 3.05. The van der Waals surface area contributed by atoms with Crippen LogP contribution in [0.2, 0.25) is 0 Å². The van der Waals surface area contributed by atoms with E-state index < -0.39 is 0 Å². The average molecular weight is 366 g/mol. The lowest BCUT2D eigenvalue weighted by Gasteiger charge is -2.15. The molecule has 1 N–H and O–H groups in total. The maximum Gasteiger partial charge on any atom is 0.262 e. The number of aryl methyl sites for hydroxylation is 1. The van der Waals surface area contributed by atoms with Gasteiger partial charge in [0.15, 0.2) is 0 Å². The number of aromatic nitrogens is 3. The SMILES string of the molecule is Cc1nc(NCc2c(F)ccc3c2CCO3)n(C)c(=O)c1-c1ccncc1. The molecule has 1 aliphatic rings. The number of hydrogen-bond donors (Lipinski definition) is 1. The van der Waals surface area contributed by atoms with Gasteiger partial charge in [0.1, 0.15) is 11.6 Å². The van der Waals surface area contributed by atoms with Crippen molar-refractivity contribution < 1.29 is 9.13 Å². The quantitative estimate of drug-likeness (QED) is 0.769. The number of ether oxygens (including phenoxy) is 1. The van der Waals surface area contributed by atoms with Crippen LogP contribution in [0.4, 0.5) is 10.3 Å². The van der Waals surface area contributed by atoms with E-state index in [0.717, 1.165) is 16.9 Å². The molecule has 7 heteroatoms. The molecule has 1 aliphatic heterocycles. The zero-order chi connectivity index (χ0) is 19.0. The van der Waals surface area contributed by atoms with Gasteiger partial charge in [-0.1, -0.05) is 0 Å². The zero-order valence-electron chi connectivity index (χ0n) is 15.1. The number of halogens is 1. The van der Waals surface area contributed by atoms with E-state index in [1.807, 2.05) is 0 Å². The average Bonchev–Trinajstić information content (AvgIpc) is 3.14. The highest BCUT2D eigenvalue weighted by Gasteiger charge is 2.20. The molecule has 0 spiro atoms. The molecule has 0 aliphatic carbocycles. The number of fused-ring (bicyclic) bond motifs is 1. The van der Waals surface area contributed by atoms with Crippen LogP contribution in [0, 0.1) is 12.7 Å². The second-order valence-electron chi connectivity index (χ2n) is 6.45. The normalized spacial score (nSPS) is 12.6. The van der Waals surface area contributed by atoms with Gasteiger partial charge in [-0.05, 0) is 36.8 Å². The van der Waals surface area contributed by atoms with Gasteiger partial charge in [0, 0.05) is 43.5 Å². The van der Waals surface area contributed by atoms with Crippen LogP contribution in [0.1, 0.15) is 16.8 Å². The lowest BCUT2D eigenvalue weighted by Crippen LogP contribution is -2.25. The Balaban J connectivity index is 1.67. The summed E-state index contributed by atoms with van der Waals surface area (Å²) in [7, 11) is 1.65. The van der Waals surface area contributed by atoms with Crippen molar-refractivity contribution in [2.45, 2.75) is 19.9 Å². The van der Waals surface area contributed by atoms with Crippen LogP contribution in [0.25, 0.3) is 11.1 Å². The van der Waals surface area contributed by atoms with Gasteiger partial charge in [-0.25, -0.2) is 9.37 Å². The first kappa shape index (κ1) is 17.2. The summed E-state index contributed by atoms with van der Waals surface area (Å²) in [4.78, 5) is 21.4. The summed E-state index contributed by atoms with van der Waals surface area (Å²) in [5, 5.41) is 3.10. The van der Waals surface area contributed by atoms with E-state index in [0.29, 0.717) is 35.8 Å².